The van der Waals surface area contributed by atoms with Crippen molar-refractivity contribution >= 4 is 17.8 Å². The van der Waals surface area contributed by atoms with Crippen LogP contribution in [0.25, 0.3) is 11.3 Å². The van der Waals surface area contributed by atoms with Gasteiger partial charge in [-0.15, -0.1) is 0 Å². The summed E-state index contributed by atoms with van der Waals surface area (Å²) < 4.78 is 33.4. The highest BCUT2D eigenvalue weighted by molar-refractivity contribution is 7.98. The molecular formula is C21H22F2N4S. The zero-order valence-corrected chi connectivity index (χ0v) is 16.1. The minimum absolute atomic E-state index is 0.255. The molecule has 4 rings (SSSR count). The van der Waals surface area contributed by atoms with Gasteiger partial charge in [-0.1, -0.05) is 24.3 Å². The second kappa shape index (κ2) is 8.75. The van der Waals surface area contributed by atoms with Crippen molar-refractivity contribution in [2.45, 2.75) is 37.6 Å². The summed E-state index contributed by atoms with van der Waals surface area (Å²) in [6.45, 7) is 0. The van der Waals surface area contributed by atoms with Gasteiger partial charge in [0, 0.05) is 35.4 Å². The van der Waals surface area contributed by atoms with Gasteiger partial charge in [-0.2, -0.15) is 5.10 Å². The van der Waals surface area contributed by atoms with E-state index in [4.69, 9.17) is 0 Å². The van der Waals surface area contributed by atoms with Crippen molar-refractivity contribution in [2.75, 3.05) is 4.72 Å². The Balaban J connectivity index is 1.27. The van der Waals surface area contributed by atoms with Crippen LogP contribution in [0.15, 0.2) is 54.6 Å². The summed E-state index contributed by atoms with van der Waals surface area (Å²) in [7, 11) is 0. The SMILES string of the molecule is Fc1cccc(-c2cc(C3CCC(NSNc4ccccc4F)CC3)[nH]n2)c1. The Labute approximate surface area is 167 Å². The Hall–Kier alpha value is -2.38. The molecule has 7 heteroatoms. The highest BCUT2D eigenvalue weighted by atomic mass is 32.2. The Morgan fingerprint density at radius 2 is 1.79 bits per heavy atom. The van der Waals surface area contributed by atoms with E-state index in [1.165, 1.54) is 30.3 Å². The molecule has 146 valence electrons. The first-order valence-corrected chi connectivity index (χ1v) is 10.2. The molecule has 0 spiro atoms. The third kappa shape index (κ3) is 4.54. The van der Waals surface area contributed by atoms with Crippen LogP contribution < -0.4 is 9.44 Å². The highest BCUT2D eigenvalue weighted by Gasteiger charge is 2.24. The average molecular weight is 400 g/mol. The molecule has 1 aromatic heterocycles. The van der Waals surface area contributed by atoms with Crippen LogP contribution in [0.2, 0.25) is 0 Å². The number of nitrogens with zero attached hydrogens (tertiary/aromatic N) is 1. The van der Waals surface area contributed by atoms with Crippen molar-refractivity contribution in [3.63, 3.8) is 0 Å². The number of aromatic nitrogens is 2. The molecular weight excluding hydrogens is 378 g/mol. The zero-order valence-electron chi connectivity index (χ0n) is 15.3. The second-order valence-corrected chi connectivity index (χ2v) is 7.71. The van der Waals surface area contributed by atoms with Gasteiger partial charge in [0.1, 0.15) is 11.6 Å². The van der Waals surface area contributed by atoms with E-state index in [-0.39, 0.29) is 11.6 Å². The monoisotopic (exact) mass is 400 g/mol. The van der Waals surface area contributed by atoms with Crippen molar-refractivity contribution < 1.29 is 8.78 Å². The lowest BCUT2D eigenvalue weighted by Crippen LogP contribution is -2.29. The number of para-hydroxylation sites is 1. The van der Waals surface area contributed by atoms with E-state index in [0.717, 1.165) is 42.6 Å². The highest BCUT2D eigenvalue weighted by Crippen LogP contribution is 2.34. The van der Waals surface area contributed by atoms with Gasteiger partial charge in [0.05, 0.1) is 11.4 Å². The van der Waals surface area contributed by atoms with E-state index in [9.17, 15) is 8.78 Å². The number of benzene rings is 2. The lowest BCUT2D eigenvalue weighted by molar-refractivity contribution is 0.377. The van der Waals surface area contributed by atoms with Crippen molar-refractivity contribution in [3.05, 3.63) is 71.9 Å². The molecule has 4 nitrogen and oxygen atoms in total. The van der Waals surface area contributed by atoms with E-state index < -0.39 is 0 Å². The molecule has 2 aromatic carbocycles. The topological polar surface area (TPSA) is 52.7 Å². The van der Waals surface area contributed by atoms with Gasteiger partial charge in [0.2, 0.25) is 0 Å². The molecule has 1 aliphatic carbocycles. The molecule has 0 amide bonds. The van der Waals surface area contributed by atoms with Gasteiger partial charge in [0.25, 0.3) is 0 Å². The Bertz CT molecular complexity index is 922. The largest absolute Gasteiger partial charge is 0.314 e. The number of hydrogen-bond donors (Lipinski definition) is 3. The third-order valence-electron chi connectivity index (χ3n) is 5.15. The molecule has 0 aliphatic heterocycles. The quantitative estimate of drug-likeness (QED) is 0.468. The fourth-order valence-electron chi connectivity index (χ4n) is 3.58. The maximum absolute atomic E-state index is 13.6. The average Bonchev–Trinajstić information content (AvgIpc) is 3.20. The van der Waals surface area contributed by atoms with Crippen LogP contribution in [0.5, 0.6) is 0 Å². The first kappa shape index (κ1) is 19.0. The molecule has 1 fully saturated rings. The predicted molar refractivity (Wildman–Crippen MR) is 110 cm³/mol. The first-order valence-electron chi connectivity index (χ1n) is 9.42. The smallest absolute Gasteiger partial charge is 0.147 e. The van der Waals surface area contributed by atoms with Gasteiger partial charge < -0.3 is 4.72 Å². The molecule has 1 aliphatic rings. The number of aromatic amines is 1. The van der Waals surface area contributed by atoms with Crippen LogP contribution in [0.3, 0.4) is 0 Å². The van der Waals surface area contributed by atoms with Crippen LogP contribution >= 0.6 is 12.1 Å². The molecule has 0 unspecified atom stereocenters. The second-order valence-electron chi connectivity index (χ2n) is 7.07. The first-order chi connectivity index (χ1) is 13.7. The van der Waals surface area contributed by atoms with E-state index in [1.807, 2.05) is 12.1 Å². The standard InChI is InChI=1S/C21H22F2N4S/c22-16-5-3-4-15(12-16)21-13-20(24-25-21)14-8-10-17(11-9-14)26-28-27-19-7-2-1-6-18(19)23/h1-7,12-14,17,26-27H,8-11H2,(H,24,25). The van der Waals surface area contributed by atoms with Crippen LogP contribution in [0, 0.1) is 11.6 Å². The Morgan fingerprint density at radius 1 is 0.964 bits per heavy atom. The van der Waals surface area contributed by atoms with Gasteiger partial charge in [-0.25, -0.2) is 13.5 Å². The summed E-state index contributed by atoms with van der Waals surface area (Å²) in [5, 5.41) is 7.48. The zero-order chi connectivity index (χ0) is 19.3. The lowest BCUT2D eigenvalue weighted by Gasteiger charge is -2.28. The minimum Gasteiger partial charge on any atom is -0.314 e. The third-order valence-corrected chi connectivity index (χ3v) is 5.92. The molecule has 0 saturated heterocycles. The molecule has 3 aromatic rings. The molecule has 3 N–H and O–H groups in total. The van der Waals surface area contributed by atoms with Crippen molar-refractivity contribution in [2.24, 2.45) is 0 Å². The van der Waals surface area contributed by atoms with E-state index >= 15 is 0 Å². The molecule has 0 atom stereocenters. The maximum atomic E-state index is 13.6. The van der Waals surface area contributed by atoms with Gasteiger partial charge in [0.15, 0.2) is 0 Å². The number of hydrogen-bond acceptors (Lipinski definition) is 4. The predicted octanol–water partition coefficient (Wildman–Crippen LogP) is 5.65. The van der Waals surface area contributed by atoms with Crippen LogP contribution in [-0.2, 0) is 0 Å². The molecule has 1 heterocycles. The van der Waals surface area contributed by atoms with Gasteiger partial charge >= 0.3 is 0 Å². The lowest BCUT2D eigenvalue weighted by atomic mass is 9.84. The van der Waals surface area contributed by atoms with E-state index in [1.54, 1.807) is 24.3 Å². The van der Waals surface area contributed by atoms with Crippen LogP contribution in [0.4, 0.5) is 14.5 Å². The van der Waals surface area contributed by atoms with Gasteiger partial charge in [-0.3, -0.25) is 5.10 Å². The summed E-state index contributed by atoms with van der Waals surface area (Å²) in [4.78, 5) is 0. The summed E-state index contributed by atoms with van der Waals surface area (Å²) in [6, 6.07) is 15.5. The van der Waals surface area contributed by atoms with Crippen molar-refractivity contribution in [1.82, 2.24) is 14.9 Å². The number of halogens is 2. The Kier molecular flexibility index (Phi) is 5.92. The number of anilines is 1. The summed E-state index contributed by atoms with van der Waals surface area (Å²) in [6.07, 6.45) is 4.15. The molecule has 28 heavy (non-hydrogen) atoms. The van der Waals surface area contributed by atoms with Crippen LogP contribution in [-0.4, -0.2) is 16.2 Å². The van der Waals surface area contributed by atoms with E-state index in [2.05, 4.69) is 19.6 Å². The number of nitrogens with one attached hydrogen (secondary N) is 3. The normalized spacial score (nSPS) is 19.5. The summed E-state index contributed by atoms with van der Waals surface area (Å²) in [5.41, 5.74) is 3.15. The van der Waals surface area contributed by atoms with Gasteiger partial charge in [-0.05, 0) is 56.0 Å². The summed E-state index contributed by atoms with van der Waals surface area (Å²) in [5.74, 6) is -0.0821. The van der Waals surface area contributed by atoms with Crippen molar-refractivity contribution in [3.8, 4) is 11.3 Å². The fraction of sp³-hybridized carbons (Fsp3) is 0.286. The fourth-order valence-corrected chi connectivity index (χ4v) is 4.31. The Morgan fingerprint density at radius 3 is 2.57 bits per heavy atom. The number of H-pyrrole nitrogens is 1. The summed E-state index contributed by atoms with van der Waals surface area (Å²) >= 11 is 1.33. The van der Waals surface area contributed by atoms with Crippen molar-refractivity contribution in [1.29, 1.82) is 0 Å². The minimum atomic E-state index is -0.256. The van der Waals surface area contributed by atoms with Crippen LogP contribution in [0.1, 0.15) is 37.3 Å². The molecule has 1 saturated carbocycles. The van der Waals surface area contributed by atoms with E-state index in [0.29, 0.717) is 17.6 Å². The number of rotatable bonds is 6. The maximum Gasteiger partial charge on any atom is 0.147 e. The molecule has 0 radical (unpaired) electrons. The molecule has 0 bridgehead atoms.